The number of nitrogens with zero attached hydrogens (tertiary/aromatic N) is 4. The Hall–Kier alpha value is -2.67. The van der Waals surface area contributed by atoms with E-state index >= 15 is 0 Å². The number of hydrogen-bond acceptors (Lipinski definition) is 6. The molecule has 2 heterocycles. The number of primary amides is 2. The Morgan fingerprint density at radius 2 is 1.12 bits per heavy atom. The fraction of sp³-hybridized carbons (Fsp3) is 0. The van der Waals surface area contributed by atoms with Crippen LogP contribution >= 0.6 is 24.4 Å². The summed E-state index contributed by atoms with van der Waals surface area (Å²) in [4.78, 5) is 28.1. The summed E-state index contributed by atoms with van der Waals surface area (Å²) in [5.41, 5.74) is 10.4. The Labute approximate surface area is 165 Å². The first kappa shape index (κ1) is 27.2. The minimum absolute atomic E-state index is 0. The maximum absolute atomic E-state index is 10.4. The molecule has 2 amide bonds. The van der Waals surface area contributed by atoms with E-state index in [-0.39, 0.29) is 16.5 Å². The Morgan fingerprint density at radius 3 is 1.24 bits per heavy atom. The van der Waals surface area contributed by atoms with Gasteiger partial charge in [-0.25, -0.2) is 0 Å². The summed E-state index contributed by atoms with van der Waals surface area (Å²) in [6.07, 6.45) is 3.06. The molecular weight excluding hydrogens is 407 g/mol. The molecule has 0 aliphatic carbocycles. The van der Waals surface area contributed by atoms with Gasteiger partial charge in [-0.1, -0.05) is 36.6 Å². The molecule has 2 rings (SSSR count). The van der Waals surface area contributed by atoms with Crippen molar-refractivity contribution in [2.24, 2.45) is 11.5 Å². The molecule has 11 heteroatoms. The van der Waals surface area contributed by atoms with Crippen LogP contribution in [0.15, 0.2) is 48.8 Å². The number of carbonyl (C=O) groups excluding carboxylic acids is 2. The predicted molar refractivity (Wildman–Crippen MR) is 97.4 cm³/mol. The van der Waals surface area contributed by atoms with Crippen LogP contribution in [-0.4, -0.2) is 32.1 Å². The summed E-state index contributed by atoms with van der Waals surface area (Å²) in [5.74, 6) is -0.980. The Bertz CT molecular complexity index is 627. The summed E-state index contributed by atoms with van der Waals surface area (Å²) in [5, 5.41) is 16.9. The van der Waals surface area contributed by atoms with Crippen LogP contribution in [0.2, 0.25) is 0 Å². The van der Waals surface area contributed by atoms with Crippen LogP contribution in [0.4, 0.5) is 0 Å². The molecule has 0 aliphatic rings. The van der Waals surface area contributed by atoms with Crippen molar-refractivity contribution in [1.29, 1.82) is 0 Å². The molecule has 0 fully saturated rings. The number of nitrogens with two attached hydrogens (primary N) is 2. The number of isothiocyanates is 2. The van der Waals surface area contributed by atoms with Crippen LogP contribution in [0.5, 0.6) is 0 Å². The Kier molecular flexibility index (Phi) is 21.1. The molecule has 2 aromatic heterocycles. The van der Waals surface area contributed by atoms with Gasteiger partial charge in [0.05, 0.1) is 0 Å². The zero-order valence-electron chi connectivity index (χ0n) is 12.5. The average molecular weight is 419 g/mol. The molecular formula is C14H12N6NiO2S2. The Balaban J connectivity index is -0.000000287. The summed E-state index contributed by atoms with van der Waals surface area (Å²) >= 11 is 7.40. The van der Waals surface area contributed by atoms with Gasteiger partial charge in [-0.05, 0) is 24.3 Å². The molecule has 25 heavy (non-hydrogen) atoms. The second-order valence-electron chi connectivity index (χ2n) is 3.34. The smallest absolute Gasteiger partial charge is 0.753 e. The third-order valence-corrected chi connectivity index (χ3v) is 1.83. The van der Waals surface area contributed by atoms with Gasteiger partial charge in [0, 0.05) is 12.4 Å². The van der Waals surface area contributed by atoms with Crippen LogP contribution in [0.1, 0.15) is 21.0 Å². The van der Waals surface area contributed by atoms with E-state index in [1.54, 1.807) is 36.4 Å². The third-order valence-electron chi connectivity index (χ3n) is 1.83. The van der Waals surface area contributed by atoms with Crippen molar-refractivity contribution in [1.82, 2.24) is 9.97 Å². The number of amides is 2. The summed E-state index contributed by atoms with van der Waals surface area (Å²) in [7, 11) is 0. The minimum atomic E-state index is -0.490. The van der Waals surface area contributed by atoms with Crippen LogP contribution in [0.25, 0.3) is 10.8 Å². The number of aromatic nitrogens is 2. The average Bonchev–Trinajstić information content (AvgIpc) is 2.58. The predicted octanol–water partition coefficient (Wildman–Crippen LogP) is 1.68. The molecule has 132 valence electrons. The van der Waals surface area contributed by atoms with Crippen molar-refractivity contribution < 1.29 is 26.1 Å². The van der Waals surface area contributed by atoms with Gasteiger partial charge in [-0.3, -0.25) is 19.6 Å². The van der Waals surface area contributed by atoms with E-state index in [0.717, 1.165) is 0 Å². The molecule has 0 saturated carbocycles. The second-order valence-corrected chi connectivity index (χ2v) is 3.71. The topological polar surface area (TPSA) is 157 Å². The monoisotopic (exact) mass is 418 g/mol. The normalized spacial score (nSPS) is 7.04. The van der Waals surface area contributed by atoms with Gasteiger partial charge < -0.3 is 22.3 Å². The van der Waals surface area contributed by atoms with Crippen molar-refractivity contribution in [2.45, 2.75) is 0 Å². The van der Waals surface area contributed by atoms with Crippen molar-refractivity contribution in [3.8, 4) is 0 Å². The number of thiocarbonyl (C=S) groups is 2. The largest absolute Gasteiger partial charge is 2.00 e. The van der Waals surface area contributed by atoms with Gasteiger partial charge in [-0.15, -0.1) is 0 Å². The molecule has 2 aromatic rings. The van der Waals surface area contributed by atoms with Crippen LogP contribution < -0.4 is 11.5 Å². The number of hydrogen-bond donors (Lipinski definition) is 2. The van der Waals surface area contributed by atoms with Gasteiger partial charge in [0.1, 0.15) is 11.4 Å². The zero-order valence-corrected chi connectivity index (χ0v) is 15.1. The van der Waals surface area contributed by atoms with Crippen LogP contribution in [-0.2, 0) is 16.5 Å². The molecule has 0 saturated heterocycles. The van der Waals surface area contributed by atoms with E-state index in [0.29, 0.717) is 11.4 Å². The summed E-state index contributed by atoms with van der Waals surface area (Å²) in [6, 6.07) is 10.0. The zero-order chi connectivity index (χ0) is 18.8. The summed E-state index contributed by atoms with van der Waals surface area (Å²) < 4.78 is 0. The molecule has 0 radical (unpaired) electrons. The quantitative estimate of drug-likeness (QED) is 0.428. The molecule has 4 N–H and O–H groups in total. The van der Waals surface area contributed by atoms with Gasteiger partial charge in [0.25, 0.3) is 11.8 Å². The van der Waals surface area contributed by atoms with Crippen molar-refractivity contribution in [3.63, 3.8) is 0 Å². The standard InChI is InChI=1S/2C6H6N2O.2CNS.Ni/c2*7-6(9)5-3-1-2-4-8-5;2*2-1-3;/h2*1-4H,(H2,7,9);;;/q;;2*-1;+2. The summed E-state index contributed by atoms with van der Waals surface area (Å²) in [6.45, 7) is 0. The van der Waals surface area contributed by atoms with E-state index in [9.17, 15) is 9.59 Å². The van der Waals surface area contributed by atoms with Crippen molar-refractivity contribution >= 4 is 46.6 Å². The first-order valence-corrected chi connectivity index (χ1v) is 6.70. The first-order chi connectivity index (χ1) is 11.4. The van der Waals surface area contributed by atoms with Crippen molar-refractivity contribution in [2.75, 3.05) is 0 Å². The van der Waals surface area contributed by atoms with E-state index in [1.165, 1.54) is 22.7 Å². The fourth-order valence-corrected chi connectivity index (χ4v) is 1.02. The van der Waals surface area contributed by atoms with Gasteiger partial charge in [0.2, 0.25) is 0 Å². The van der Waals surface area contributed by atoms with E-state index in [2.05, 4.69) is 34.4 Å². The van der Waals surface area contributed by atoms with Gasteiger partial charge >= 0.3 is 16.5 Å². The number of pyridine rings is 2. The first-order valence-electron chi connectivity index (χ1n) is 5.88. The third kappa shape index (κ3) is 17.5. The Morgan fingerprint density at radius 1 is 0.840 bits per heavy atom. The van der Waals surface area contributed by atoms with Crippen LogP contribution in [0.3, 0.4) is 0 Å². The minimum Gasteiger partial charge on any atom is -0.753 e. The molecule has 0 bridgehead atoms. The SMILES string of the molecule is NC(=O)c1ccccn1.NC(=O)c1ccccn1.[N-]=C=S.[N-]=C=S.[Ni+2]. The molecule has 8 nitrogen and oxygen atoms in total. The maximum atomic E-state index is 10.4. The molecule has 0 aliphatic heterocycles. The van der Waals surface area contributed by atoms with E-state index in [4.69, 9.17) is 22.3 Å². The fourth-order valence-electron chi connectivity index (χ4n) is 1.02. The van der Waals surface area contributed by atoms with Gasteiger partial charge in [-0.2, -0.15) is 10.3 Å². The van der Waals surface area contributed by atoms with E-state index < -0.39 is 11.8 Å². The molecule has 0 spiro atoms. The molecule has 0 unspecified atom stereocenters. The molecule has 0 atom stereocenters. The van der Waals surface area contributed by atoms with Gasteiger partial charge in [0.15, 0.2) is 0 Å². The molecule has 0 aromatic carbocycles. The van der Waals surface area contributed by atoms with Crippen LogP contribution in [0, 0.1) is 0 Å². The second kappa shape index (κ2) is 19.4. The number of carbonyl (C=O) groups is 2. The van der Waals surface area contributed by atoms with Crippen molar-refractivity contribution in [3.05, 3.63) is 71.0 Å². The maximum Gasteiger partial charge on any atom is 2.00 e. The number of rotatable bonds is 2. The van der Waals surface area contributed by atoms with E-state index in [1.807, 2.05) is 0 Å².